The summed E-state index contributed by atoms with van der Waals surface area (Å²) in [5, 5.41) is 12.9. The van der Waals surface area contributed by atoms with Gasteiger partial charge < -0.3 is 25.0 Å². The number of aliphatic hydroxyl groups is 1. The van der Waals surface area contributed by atoms with Crippen molar-refractivity contribution in [3.05, 3.63) is 0 Å². The Morgan fingerprint density at radius 2 is 2.26 bits per heavy atom. The van der Waals surface area contributed by atoms with Crippen molar-refractivity contribution in [2.75, 3.05) is 52.9 Å². The molecule has 2 rings (SSSR count). The molecule has 0 radical (unpaired) electrons. The summed E-state index contributed by atoms with van der Waals surface area (Å²) in [5.74, 6) is 0.899. The van der Waals surface area contributed by atoms with Gasteiger partial charge in [0, 0.05) is 32.7 Å². The van der Waals surface area contributed by atoms with Gasteiger partial charge in [-0.3, -0.25) is 4.99 Å². The summed E-state index contributed by atoms with van der Waals surface area (Å²) in [5.41, 5.74) is 0. The zero-order chi connectivity index (χ0) is 13.7. The van der Waals surface area contributed by atoms with E-state index in [1.54, 1.807) is 0 Å². The van der Waals surface area contributed by atoms with Crippen molar-refractivity contribution >= 4 is 5.96 Å². The maximum Gasteiger partial charge on any atom is 0.194 e. The van der Waals surface area contributed by atoms with Crippen LogP contribution in [0.4, 0.5) is 0 Å². The Balaban J connectivity index is 1.88. The molecule has 2 aliphatic rings. The minimum Gasteiger partial charge on any atom is -0.391 e. The fraction of sp³-hybridized carbons (Fsp3) is 0.923. The van der Waals surface area contributed by atoms with Crippen LogP contribution in [0.1, 0.15) is 13.3 Å². The number of aliphatic hydroxyl groups excluding tert-OH is 1. The molecule has 2 atom stereocenters. The van der Waals surface area contributed by atoms with Gasteiger partial charge in [-0.25, -0.2) is 0 Å². The van der Waals surface area contributed by atoms with Gasteiger partial charge in [0.1, 0.15) is 0 Å². The lowest BCUT2D eigenvalue weighted by atomic mass is 10.3. The number of morpholine rings is 1. The van der Waals surface area contributed by atoms with Crippen LogP contribution in [0.5, 0.6) is 0 Å². The van der Waals surface area contributed by atoms with Gasteiger partial charge in [-0.05, 0) is 20.4 Å². The maximum atomic E-state index is 9.61. The third-order valence-electron chi connectivity index (χ3n) is 3.58. The Bertz CT molecular complexity index is 311. The van der Waals surface area contributed by atoms with E-state index in [4.69, 9.17) is 4.74 Å². The Morgan fingerprint density at radius 3 is 2.89 bits per heavy atom. The molecule has 0 bridgehead atoms. The smallest absolute Gasteiger partial charge is 0.194 e. The third kappa shape index (κ3) is 4.33. The zero-order valence-electron chi connectivity index (χ0n) is 12.0. The predicted molar refractivity (Wildman–Crippen MR) is 75.4 cm³/mol. The lowest BCUT2D eigenvalue weighted by Crippen LogP contribution is -2.44. The van der Waals surface area contributed by atoms with E-state index in [2.05, 4.69) is 34.1 Å². The zero-order valence-corrected chi connectivity index (χ0v) is 12.0. The number of aliphatic imine (C=N–C) groups is 1. The van der Waals surface area contributed by atoms with Crippen LogP contribution in [0.2, 0.25) is 0 Å². The van der Waals surface area contributed by atoms with Gasteiger partial charge in [-0.2, -0.15) is 0 Å². The number of hydrogen-bond donors (Lipinski definition) is 2. The molecule has 19 heavy (non-hydrogen) atoms. The summed E-state index contributed by atoms with van der Waals surface area (Å²) in [7, 11) is 2.11. The Labute approximate surface area is 115 Å². The molecule has 6 heteroatoms. The average Bonchev–Trinajstić information content (AvgIpc) is 2.81. The van der Waals surface area contributed by atoms with Crippen molar-refractivity contribution in [2.45, 2.75) is 25.6 Å². The number of guanidine groups is 1. The molecule has 2 aliphatic heterocycles. The number of nitrogens with one attached hydrogen (secondary N) is 1. The summed E-state index contributed by atoms with van der Waals surface area (Å²) < 4.78 is 5.72. The number of nitrogens with zero attached hydrogens (tertiary/aromatic N) is 3. The molecule has 2 saturated heterocycles. The Kier molecular flexibility index (Phi) is 5.42. The summed E-state index contributed by atoms with van der Waals surface area (Å²) in [6, 6.07) is 0. The van der Waals surface area contributed by atoms with Gasteiger partial charge >= 0.3 is 0 Å². The standard InChI is InChI=1S/C13H26N4O2/c1-3-14-13(17-5-4-11(18)9-17)15-8-12-10-16(2)6-7-19-12/h11-12,18H,3-10H2,1-2H3,(H,14,15)/t11-,12?/m1/s1. The van der Waals surface area contributed by atoms with Crippen LogP contribution in [0.25, 0.3) is 0 Å². The van der Waals surface area contributed by atoms with Crippen LogP contribution in [-0.4, -0.2) is 86.0 Å². The van der Waals surface area contributed by atoms with Crippen LogP contribution < -0.4 is 5.32 Å². The van der Waals surface area contributed by atoms with Gasteiger partial charge in [-0.15, -0.1) is 0 Å². The van der Waals surface area contributed by atoms with Gasteiger partial charge in [-0.1, -0.05) is 0 Å². The first kappa shape index (κ1) is 14.6. The predicted octanol–water partition coefficient (Wildman–Crippen LogP) is -0.651. The average molecular weight is 270 g/mol. The molecule has 2 N–H and O–H groups in total. The van der Waals surface area contributed by atoms with Gasteiger partial charge in [0.2, 0.25) is 0 Å². The van der Waals surface area contributed by atoms with Crippen LogP contribution >= 0.6 is 0 Å². The second kappa shape index (κ2) is 7.07. The molecule has 6 nitrogen and oxygen atoms in total. The number of ether oxygens (including phenoxy) is 1. The normalized spacial score (nSPS) is 29.8. The molecule has 0 aromatic heterocycles. The molecule has 0 aliphatic carbocycles. The first-order valence-corrected chi connectivity index (χ1v) is 7.20. The van der Waals surface area contributed by atoms with E-state index in [-0.39, 0.29) is 12.2 Å². The van der Waals surface area contributed by atoms with E-state index in [0.29, 0.717) is 13.1 Å². The molecule has 0 aromatic rings. The molecule has 0 saturated carbocycles. The Hall–Kier alpha value is -0.850. The summed E-state index contributed by atoms with van der Waals surface area (Å²) in [6.07, 6.45) is 0.786. The molecule has 2 fully saturated rings. The lowest BCUT2D eigenvalue weighted by molar-refractivity contribution is -0.0137. The van der Waals surface area contributed by atoms with Crippen LogP contribution in [0.3, 0.4) is 0 Å². The van der Waals surface area contributed by atoms with E-state index >= 15 is 0 Å². The number of likely N-dealkylation sites (N-methyl/N-ethyl adjacent to an activating group) is 1. The third-order valence-corrected chi connectivity index (χ3v) is 3.58. The number of β-amino-alcohol motifs (C(OH)–C–C–N with tert-alkyl or cyclic N) is 1. The molecular weight excluding hydrogens is 244 g/mol. The molecule has 0 aromatic carbocycles. The van der Waals surface area contributed by atoms with E-state index in [9.17, 15) is 5.11 Å². The Morgan fingerprint density at radius 1 is 1.42 bits per heavy atom. The van der Waals surface area contributed by atoms with Crippen LogP contribution in [0.15, 0.2) is 4.99 Å². The molecule has 1 unspecified atom stereocenters. The summed E-state index contributed by atoms with van der Waals surface area (Å²) >= 11 is 0. The second-order valence-corrected chi connectivity index (χ2v) is 5.34. The first-order valence-electron chi connectivity index (χ1n) is 7.20. The molecule has 110 valence electrons. The van der Waals surface area contributed by atoms with Crippen molar-refractivity contribution in [1.29, 1.82) is 0 Å². The molecule has 2 heterocycles. The highest BCUT2D eigenvalue weighted by Crippen LogP contribution is 2.09. The van der Waals surface area contributed by atoms with Crippen molar-refractivity contribution < 1.29 is 9.84 Å². The highest BCUT2D eigenvalue weighted by atomic mass is 16.5. The van der Waals surface area contributed by atoms with E-state index in [1.165, 1.54) is 0 Å². The maximum absolute atomic E-state index is 9.61. The van der Waals surface area contributed by atoms with Crippen molar-refractivity contribution in [3.8, 4) is 0 Å². The fourth-order valence-corrected chi connectivity index (χ4v) is 2.53. The van der Waals surface area contributed by atoms with Gasteiger partial charge in [0.25, 0.3) is 0 Å². The number of rotatable bonds is 3. The van der Waals surface area contributed by atoms with Crippen LogP contribution in [-0.2, 0) is 4.74 Å². The SMILES string of the molecule is CCNC(=NCC1CN(C)CCO1)N1CC[C@@H](O)C1. The van der Waals surface area contributed by atoms with E-state index in [0.717, 1.165) is 45.2 Å². The number of hydrogen-bond acceptors (Lipinski definition) is 4. The van der Waals surface area contributed by atoms with E-state index < -0.39 is 0 Å². The number of likely N-dealkylation sites (tertiary alicyclic amines) is 1. The van der Waals surface area contributed by atoms with Crippen molar-refractivity contribution in [2.24, 2.45) is 4.99 Å². The second-order valence-electron chi connectivity index (χ2n) is 5.34. The largest absolute Gasteiger partial charge is 0.391 e. The fourth-order valence-electron chi connectivity index (χ4n) is 2.53. The minimum absolute atomic E-state index is 0.180. The van der Waals surface area contributed by atoms with Gasteiger partial charge in [0.15, 0.2) is 5.96 Å². The van der Waals surface area contributed by atoms with Crippen molar-refractivity contribution in [1.82, 2.24) is 15.1 Å². The topological polar surface area (TPSA) is 60.3 Å². The summed E-state index contributed by atoms with van der Waals surface area (Å²) in [4.78, 5) is 9.06. The molecule has 0 spiro atoms. The highest BCUT2D eigenvalue weighted by Gasteiger charge is 2.23. The lowest BCUT2D eigenvalue weighted by Gasteiger charge is -2.29. The first-order chi connectivity index (χ1) is 9.19. The molecule has 0 amide bonds. The monoisotopic (exact) mass is 270 g/mol. The van der Waals surface area contributed by atoms with Crippen molar-refractivity contribution in [3.63, 3.8) is 0 Å². The van der Waals surface area contributed by atoms with Crippen LogP contribution in [0, 0.1) is 0 Å². The summed E-state index contributed by atoms with van der Waals surface area (Å²) in [6.45, 7) is 7.86. The minimum atomic E-state index is -0.221. The highest BCUT2D eigenvalue weighted by molar-refractivity contribution is 5.80. The molecular formula is C13H26N4O2. The van der Waals surface area contributed by atoms with E-state index in [1.807, 2.05) is 0 Å². The van der Waals surface area contributed by atoms with Gasteiger partial charge in [0.05, 0.1) is 25.4 Å². The quantitative estimate of drug-likeness (QED) is 0.527.